The predicted octanol–water partition coefficient (Wildman–Crippen LogP) is 12.9. The third kappa shape index (κ3) is 5.90. The average Bonchev–Trinajstić information content (AvgIpc) is 3.52. The van der Waals surface area contributed by atoms with E-state index in [1.807, 2.05) is 36.4 Å². The van der Waals surface area contributed by atoms with Gasteiger partial charge in [-0.3, -0.25) is 4.99 Å². The molecule has 0 saturated carbocycles. The van der Waals surface area contributed by atoms with Crippen molar-refractivity contribution in [2.45, 2.75) is 12.8 Å². The Morgan fingerprint density at radius 3 is 2.06 bits per heavy atom. The SMILES string of the molecule is C=C(c1ccc2oc3cccc(C4=NC(c5ccccc5)=NCC(c5ccccc5)C4=C)c3c2c1)c1ccccc1-c1c(C)cccc1-c1ccccc1. The molecule has 54 heavy (non-hydrogen) atoms. The van der Waals surface area contributed by atoms with Crippen LogP contribution in [0.1, 0.15) is 39.3 Å². The first-order valence-electron chi connectivity index (χ1n) is 18.4. The van der Waals surface area contributed by atoms with Gasteiger partial charge in [-0.05, 0) is 80.8 Å². The second-order valence-corrected chi connectivity index (χ2v) is 13.9. The fraction of sp³-hybridized carbons (Fsp3) is 0.0588. The Balaban J connectivity index is 1.19. The molecule has 8 aromatic rings. The molecule has 0 N–H and O–H groups in total. The number of aryl methyl sites for hydroxylation is 1. The van der Waals surface area contributed by atoms with Crippen LogP contribution in [0.2, 0.25) is 0 Å². The van der Waals surface area contributed by atoms with Gasteiger partial charge in [-0.15, -0.1) is 0 Å². The highest BCUT2D eigenvalue weighted by atomic mass is 16.3. The summed E-state index contributed by atoms with van der Waals surface area (Å²) in [6, 6.07) is 59.1. The van der Waals surface area contributed by atoms with Crippen LogP contribution in [0.25, 0.3) is 49.8 Å². The van der Waals surface area contributed by atoms with Crippen LogP contribution in [0, 0.1) is 6.92 Å². The summed E-state index contributed by atoms with van der Waals surface area (Å²) >= 11 is 0. The molecular weight excluding hydrogens is 657 g/mol. The minimum absolute atomic E-state index is 0.0337. The number of benzene rings is 7. The lowest BCUT2D eigenvalue weighted by molar-refractivity contribution is 0.669. The highest BCUT2D eigenvalue weighted by Gasteiger charge is 2.27. The monoisotopic (exact) mass is 694 g/mol. The molecule has 7 aromatic carbocycles. The summed E-state index contributed by atoms with van der Waals surface area (Å²) in [7, 11) is 0. The van der Waals surface area contributed by atoms with Crippen LogP contribution in [0.5, 0.6) is 0 Å². The van der Waals surface area contributed by atoms with Gasteiger partial charge in [0.05, 0.1) is 12.3 Å². The lowest BCUT2D eigenvalue weighted by Crippen LogP contribution is -2.14. The van der Waals surface area contributed by atoms with Gasteiger partial charge in [-0.1, -0.05) is 165 Å². The zero-order chi connectivity index (χ0) is 36.6. The van der Waals surface area contributed by atoms with Crippen LogP contribution < -0.4 is 0 Å². The summed E-state index contributed by atoms with van der Waals surface area (Å²) in [5, 5.41) is 2.01. The van der Waals surface area contributed by atoms with Crippen molar-refractivity contribution in [1.82, 2.24) is 0 Å². The van der Waals surface area contributed by atoms with Crippen molar-refractivity contribution in [3.8, 4) is 22.3 Å². The molecule has 9 rings (SSSR count). The highest BCUT2D eigenvalue weighted by Crippen LogP contribution is 2.42. The third-order valence-electron chi connectivity index (χ3n) is 10.6. The van der Waals surface area contributed by atoms with Crippen molar-refractivity contribution >= 4 is 39.1 Å². The van der Waals surface area contributed by atoms with Gasteiger partial charge < -0.3 is 4.42 Å². The number of aliphatic imine (C=N–C) groups is 2. The first-order chi connectivity index (χ1) is 26.5. The molecule has 1 aromatic heterocycles. The lowest BCUT2D eigenvalue weighted by Gasteiger charge is -2.19. The van der Waals surface area contributed by atoms with Gasteiger partial charge in [0.25, 0.3) is 0 Å². The second kappa shape index (κ2) is 13.9. The molecule has 1 aliphatic heterocycles. The van der Waals surface area contributed by atoms with Crippen molar-refractivity contribution in [3.05, 3.63) is 222 Å². The van der Waals surface area contributed by atoms with E-state index >= 15 is 0 Å². The number of nitrogens with zero attached hydrogens (tertiary/aromatic N) is 2. The lowest BCUT2D eigenvalue weighted by atomic mass is 9.85. The van der Waals surface area contributed by atoms with E-state index in [1.54, 1.807) is 0 Å². The fourth-order valence-corrected chi connectivity index (χ4v) is 7.85. The molecule has 0 fully saturated rings. The number of furan rings is 1. The third-order valence-corrected chi connectivity index (χ3v) is 10.6. The minimum atomic E-state index is -0.0337. The summed E-state index contributed by atoms with van der Waals surface area (Å²) < 4.78 is 6.54. The van der Waals surface area contributed by atoms with Gasteiger partial charge in [0.1, 0.15) is 11.2 Å². The molecule has 0 amide bonds. The highest BCUT2D eigenvalue weighted by molar-refractivity contribution is 6.27. The number of hydrogen-bond donors (Lipinski definition) is 0. The smallest absolute Gasteiger partial charge is 0.155 e. The van der Waals surface area contributed by atoms with Crippen molar-refractivity contribution in [2.24, 2.45) is 9.98 Å². The Bertz CT molecular complexity index is 2770. The van der Waals surface area contributed by atoms with Gasteiger partial charge >= 0.3 is 0 Å². The van der Waals surface area contributed by atoms with E-state index in [-0.39, 0.29) is 5.92 Å². The molecule has 1 atom stereocenters. The Labute approximate surface area is 316 Å². The van der Waals surface area contributed by atoms with E-state index < -0.39 is 0 Å². The largest absolute Gasteiger partial charge is 0.456 e. The second-order valence-electron chi connectivity index (χ2n) is 13.9. The Hall–Kier alpha value is -6.84. The fourth-order valence-electron chi connectivity index (χ4n) is 7.85. The number of hydrogen-bond acceptors (Lipinski definition) is 3. The molecular formula is C51H38N2O. The zero-order valence-electron chi connectivity index (χ0n) is 30.2. The van der Waals surface area contributed by atoms with Crippen LogP contribution >= 0.6 is 0 Å². The quantitative estimate of drug-likeness (QED) is 0.164. The number of rotatable bonds is 7. The van der Waals surface area contributed by atoms with Crippen LogP contribution in [-0.2, 0) is 0 Å². The molecule has 1 aliphatic rings. The van der Waals surface area contributed by atoms with Gasteiger partial charge in [0.15, 0.2) is 5.84 Å². The summed E-state index contributed by atoms with van der Waals surface area (Å²) in [6.45, 7) is 12.2. The van der Waals surface area contributed by atoms with Crippen molar-refractivity contribution in [2.75, 3.05) is 6.54 Å². The zero-order valence-corrected chi connectivity index (χ0v) is 30.2. The Morgan fingerprint density at radius 2 is 1.28 bits per heavy atom. The van der Waals surface area contributed by atoms with E-state index in [0.717, 1.165) is 66.6 Å². The summed E-state index contributed by atoms with van der Waals surface area (Å²) in [5.41, 5.74) is 15.5. The minimum Gasteiger partial charge on any atom is -0.456 e. The van der Waals surface area contributed by atoms with Crippen molar-refractivity contribution in [1.29, 1.82) is 0 Å². The molecule has 2 heterocycles. The van der Waals surface area contributed by atoms with Gasteiger partial charge in [-0.25, -0.2) is 4.99 Å². The maximum absolute atomic E-state index is 6.54. The predicted molar refractivity (Wildman–Crippen MR) is 227 cm³/mol. The van der Waals surface area contributed by atoms with E-state index in [1.165, 1.54) is 27.8 Å². The molecule has 0 radical (unpaired) electrons. The number of fused-ring (bicyclic) bond motifs is 3. The van der Waals surface area contributed by atoms with Gasteiger partial charge in [-0.2, -0.15) is 0 Å². The Kier molecular flexibility index (Phi) is 8.53. The van der Waals surface area contributed by atoms with Crippen LogP contribution in [0.3, 0.4) is 0 Å². The Morgan fingerprint density at radius 1 is 0.630 bits per heavy atom. The maximum atomic E-state index is 6.54. The molecule has 0 bridgehead atoms. The average molecular weight is 695 g/mol. The molecule has 258 valence electrons. The molecule has 3 nitrogen and oxygen atoms in total. The standard InChI is InChI=1S/C51H38N2O/c1-33-17-15-26-41(36-18-7-4-8-19-36)48(33)42-25-14-13-24-40(42)34(2)39-29-30-46-44(31-39)49-43(27-16-28-47(49)54-46)50-35(3)45(37-20-9-5-10-21-37)32-52-51(53-50)38-22-11-6-12-23-38/h4-31,45H,2-3,32H2,1H3. The van der Waals surface area contributed by atoms with Gasteiger partial charge in [0.2, 0.25) is 0 Å². The summed E-state index contributed by atoms with van der Waals surface area (Å²) in [6.07, 6.45) is 0. The van der Waals surface area contributed by atoms with Crippen LogP contribution in [0.4, 0.5) is 0 Å². The first kappa shape index (κ1) is 33.0. The molecule has 3 heteroatoms. The topological polar surface area (TPSA) is 37.9 Å². The number of amidine groups is 1. The first-order valence-corrected chi connectivity index (χ1v) is 18.4. The van der Waals surface area contributed by atoms with E-state index in [9.17, 15) is 0 Å². The normalized spacial score (nSPS) is 14.5. The molecule has 1 unspecified atom stereocenters. The molecule has 0 aliphatic carbocycles. The molecule has 0 saturated heterocycles. The van der Waals surface area contributed by atoms with E-state index in [0.29, 0.717) is 12.4 Å². The molecule has 0 spiro atoms. The van der Waals surface area contributed by atoms with Gasteiger partial charge in [0, 0.05) is 27.8 Å². The van der Waals surface area contributed by atoms with E-state index in [2.05, 4.69) is 140 Å². The van der Waals surface area contributed by atoms with Crippen LogP contribution in [-0.4, -0.2) is 18.1 Å². The van der Waals surface area contributed by atoms with Crippen molar-refractivity contribution in [3.63, 3.8) is 0 Å². The summed E-state index contributed by atoms with van der Waals surface area (Å²) in [4.78, 5) is 10.4. The van der Waals surface area contributed by atoms with Crippen LogP contribution in [0.15, 0.2) is 203 Å². The van der Waals surface area contributed by atoms with Crippen molar-refractivity contribution < 1.29 is 4.42 Å². The summed E-state index contributed by atoms with van der Waals surface area (Å²) in [5.74, 6) is 0.667. The van der Waals surface area contributed by atoms with E-state index in [4.69, 9.17) is 27.6 Å². The maximum Gasteiger partial charge on any atom is 0.155 e.